The second kappa shape index (κ2) is 7.03. The van der Waals surface area contributed by atoms with Crippen LogP contribution in [0.15, 0.2) is 30.7 Å². The summed E-state index contributed by atoms with van der Waals surface area (Å²) in [5.74, 6) is -0.0466. The number of carbonyl (C=O) groups excluding carboxylic acids is 1. The Labute approximate surface area is 148 Å². The molecule has 9 heteroatoms. The smallest absolute Gasteiger partial charge is 0.245 e. The molecule has 26 heavy (non-hydrogen) atoms. The minimum Gasteiger partial charge on any atom is -0.356 e. The number of carbonyl (C=O) groups is 1. The van der Waals surface area contributed by atoms with E-state index in [0.29, 0.717) is 28.2 Å². The van der Waals surface area contributed by atoms with Crippen LogP contribution in [0.25, 0.3) is 22.4 Å². The topological polar surface area (TPSA) is 95.6 Å². The number of aromatic nitrogens is 4. The van der Waals surface area contributed by atoms with E-state index in [1.807, 2.05) is 0 Å². The van der Waals surface area contributed by atoms with Crippen LogP contribution in [0.1, 0.15) is 13.8 Å². The monoisotopic (exact) mass is 360 g/mol. The van der Waals surface area contributed by atoms with E-state index < -0.39 is 18.0 Å². The van der Waals surface area contributed by atoms with Gasteiger partial charge in [-0.05, 0) is 26.0 Å². The Morgan fingerprint density at radius 1 is 1.35 bits per heavy atom. The van der Waals surface area contributed by atoms with Crippen LogP contribution in [0.5, 0.6) is 0 Å². The Morgan fingerprint density at radius 3 is 2.92 bits per heavy atom. The number of nitrogens with zero attached hydrogens (tertiary/aromatic N) is 3. The third-order valence-electron chi connectivity index (χ3n) is 3.78. The number of hydrogen-bond acceptors (Lipinski definition) is 5. The van der Waals surface area contributed by atoms with Crippen LogP contribution >= 0.6 is 0 Å². The molecule has 1 amide bonds. The second-order valence-electron chi connectivity index (χ2n) is 6.21. The Kier molecular flexibility index (Phi) is 4.79. The number of hydrogen-bond donors (Lipinski definition) is 3. The van der Waals surface area contributed by atoms with Gasteiger partial charge in [-0.2, -0.15) is 0 Å². The maximum Gasteiger partial charge on any atom is 0.245 e. The van der Waals surface area contributed by atoms with Crippen molar-refractivity contribution in [3.63, 3.8) is 0 Å². The molecule has 0 radical (unpaired) electrons. The van der Waals surface area contributed by atoms with Crippen LogP contribution in [-0.4, -0.2) is 44.6 Å². The van der Waals surface area contributed by atoms with E-state index in [1.165, 1.54) is 12.3 Å². The predicted molar refractivity (Wildman–Crippen MR) is 93.8 cm³/mol. The summed E-state index contributed by atoms with van der Waals surface area (Å²) in [4.78, 5) is 27.6. The van der Waals surface area contributed by atoms with Gasteiger partial charge in [-0.15, -0.1) is 0 Å². The van der Waals surface area contributed by atoms with Gasteiger partial charge in [0.15, 0.2) is 5.82 Å². The number of aromatic amines is 1. The average molecular weight is 360 g/mol. The molecule has 3 N–H and O–H groups in total. The molecule has 136 valence electrons. The molecule has 0 unspecified atom stereocenters. The van der Waals surface area contributed by atoms with E-state index in [9.17, 15) is 13.6 Å². The molecule has 7 nitrogen and oxygen atoms in total. The van der Waals surface area contributed by atoms with Crippen LogP contribution in [0.4, 0.5) is 14.6 Å². The highest BCUT2D eigenvalue weighted by Crippen LogP contribution is 2.26. The Bertz CT molecular complexity index is 940. The summed E-state index contributed by atoms with van der Waals surface area (Å²) in [6.45, 7) is 2.64. The molecule has 0 atom stereocenters. The third kappa shape index (κ3) is 3.61. The zero-order chi connectivity index (χ0) is 18.7. The van der Waals surface area contributed by atoms with Crippen molar-refractivity contribution < 1.29 is 13.6 Å². The summed E-state index contributed by atoms with van der Waals surface area (Å²) in [7, 11) is 0. The molecule has 0 bridgehead atoms. The molecule has 0 aliphatic heterocycles. The van der Waals surface area contributed by atoms with Crippen LogP contribution in [0.2, 0.25) is 0 Å². The lowest BCUT2D eigenvalue weighted by Crippen LogP contribution is -2.48. The van der Waals surface area contributed by atoms with Crippen LogP contribution in [0.3, 0.4) is 0 Å². The lowest BCUT2D eigenvalue weighted by atomic mass is 10.0. The highest BCUT2D eigenvalue weighted by atomic mass is 19.1. The van der Waals surface area contributed by atoms with Crippen LogP contribution in [-0.2, 0) is 4.79 Å². The first-order chi connectivity index (χ1) is 12.4. The van der Waals surface area contributed by atoms with Crippen LogP contribution in [0, 0.1) is 5.82 Å². The van der Waals surface area contributed by atoms with Crippen LogP contribution < -0.4 is 10.6 Å². The minimum absolute atomic E-state index is 0.0487. The molecule has 0 spiro atoms. The molecular formula is C17H18F2N6O. The Hall–Kier alpha value is -3.10. The first kappa shape index (κ1) is 17.7. The van der Waals surface area contributed by atoms with E-state index in [2.05, 4.69) is 30.6 Å². The summed E-state index contributed by atoms with van der Waals surface area (Å²) in [6.07, 6.45) is 4.31. The fraction of sp³-hybridized carbons (Fsp3) is 0.294. The fourth-order valence-corrected chi connectivity index (χ4v) is 2.48. The van der Waals surface area contributed by atoms with E-state index in [-0.39, 0.29) is 12.5 Å². The van der Waals surface area contributed by atoms with E-state index in [1.54, 1.807) is 26.1 Å². The first-order valence-electron chi connectivity index (χ1n) is 7.99. The van der Waals surface area contributed by atoms with Crippen molar-refractivity contribution in [3.8, 4) is 11.4 Å². The number of H-pyrrole nitrogens is 1. The van der Waals surface area contributed by atoms with Crippen molar-refractivity contribution in [2.45, 2.75) is 19.4 Å². The average Bonchev–Trinajstić information content (AvgIpc) is 3.02. The first-order valence-corrected chi connectivity index (χ1v) is 7.99. The van der Waals surface area contributed by atoms with E-state index in [0.717, 1.165) is 6.20 Å². The molecule has 0 saturated carbocycles. The molecule has 0 aliphatic carbocycles. The summed E-state index contributed by atoms with van der Waals surface area (Å²) in [5.41, 5.74) is 0.110. The predicted octanol–water partition coefficient (Wildman–Crippen LogP) is 2.44. The SMILES string of the molecule is CC(C)(Nc1ccnc(-c2c[nH]c3ncc(F)cc23)n1)C(=O)NCCF. The van der Waals surface area contributed by atoms with Gasteiger partial charge in [-0.3, -0.25) is 4.79 Å². The van der Waals surface area contributed by atoms with Gasteiger partial charge >= 0.3 is 0 Å². The molecule has 3 rings (SSSR count). The van der Waals surface area contributed by atoms with E-state index >= 15 is 0 Å². The fourth-order valence-electron chi connectivity index (χ4n) is 2.48. The van der Waals surface area contributed by atoms with Crippen molar-refractivity contribution in [3.05, 3.63) is 36.5 Å². The molecule has 0 saturated heterocycles. The van der Waals surface area contributed by atoms with E-state index in [4.69, 9.17) is 0 Å². The molecule has 0 aromatic carbocycles. The zero-order valence-electron chi connectivity index (χ0n) is 14.3. The third-order valence-corrected chi connectivity index (χ3v) is 3.78. The standard InChI is InChI=1S/C17H18F2N6O/c1-17(2,16(26)21-6-4-18)25-13-3-5-20-15(24-13)12-9-23-14-11(12)7-10(19)8-22-14/h3,5,7-9H,4,6H2,1-2H3,(H,21,26)(H,22,23)(H,20,24,25). The van der Waals surface area contributed by atoms with Gasteiger partial charge in [0, 0.05) is 29.9 Å². The van der Waals surface area contributed by atoms with Crippen molar-refractivity contribution in [2.75, 3.05) is 18.5 Å². The number of pyridine rings is 1. The van der Waals surface area contributed by atoms with Crippen molar-refractivity contribution in [2.24, 2.45) is 0 Å². The van der Waals surface area contributed by atoms with Crippen molar-refractivity contribution in [1.82, 2.24) is 25.3 Å². The van der Waals surface area contributed by atoms with Gasteiger partial charge in [0.2, 0.25) is 5.91 Å². The number of fused-ring (bicyclic) bond motifs is 1. The molecule has 3 aromatic heterocycles. The number of rotatable bonds is 6. The second-order valence-corrected chi connectivity index (χ2v) is 6.21. The van der Waals surface area contributed by atoms with Gasteiger partial charge in [0.1, 0.15) is 29.5 Å². The summed E-state index contributed by atoms with van der Waals surface area (Å²) < 4.78 is 25.7. The molecule has 0 fully saturated rings. The number of anilines is 1. The normalized spacial score (nSPS) is 11.5. The quantitative estimate of drug-likeness (QED) is 0.627. The molecular weight excluding hydrogens is 342 g/mol. The van der Waals surface area contributed by atoms with Crippen molar-refractivity contribution in [1.29, 1.82) is 0 Å². The zero-order valence-corrected chi connectivity index (χ0v) is 14.3. The minimum atomic E-state index is -1.01. The molecule has 3 heterocycles. The number of nitrogens with one attached hydrogen (secondary N) is 3. The number of halogens is 2. The summed E-state index contributed by atoms with van der Waals surface area (Å²) in [5, 5.41) is 6.05. The number of alkyl halides is 1. The van der Waals surface area contributed by atoms with Gasteiger partial charge in [-0.1, -0.05) is 0 Å². The highest BCUT2D eigenvalue weighted by Gasteiger charge is 2.27. The lowest BCUT2D eigenvalue weighted by Gasteiger charge is -2.25. The maximum atomic E-state index is 13.5. The highest BCUT2D eigenvalue weighted by molar-refractivity contribution is 5.92. The Morgan fingerprint density at radius 2 is 2.15 bits per heavy atom. The van der Waals surface area contributed by atoms with Crippen molar-refractivity contribution >= 4 is 22.8 Å². The summed E-state index contributed by atoms with van der Waals surface area (Å²) in [6, 6.07) is 2.97. The number of amides is 1. The largest absolute Gasteiger partial charge is 0.356 e. The van der Waals surface area contributed by atoms with Gasteiger partial charge in [-0.25, -0.2) is 23.7 Å². The maximum absolute atomic E-state index is 13.5. The molecule has 3 aromatic rings. The van der Waals surface area contributed by atoms with Gasteiger partial charge < -0.3 is 15.6 Å². The summed E-state index contributed by atoms with van der Waals surface area (Å²) >= 11 is 0. The van der Waals surface area contributed by atoms with Gasteiger partial charge in [0.05, 0.1) is 6.20 Å². The lowest BCUT2D eigenvalue weighted by molar-refractivity contribution is -0.124. The molecule has 0 aliphatic rings. The Balaban J connectivity index is 1.88. The van der Waals surface area contributed by atoms with Gasteiger partial charge in [0.25, 0.3) is 0 Å².